The first-order chi connectivity index (χ1) is 9.00. The minimum Gasteiger partial charge on any atom is -0.481 e. The van der Waals surface area contributed by atoms with Crippen LogP contribution in [0.5, 0.6) is 0 Å². The Morgan fingerprint density at radius 1 is 1.10 bits per heavy atom. The molecule has 0 aliphatic carbocycles. The van der Waals surface area contributed by atoms with E-state index in [1.54, 1.807) is 6.92 Å². The second-order valence-electron chi connectivity index (χ2n) is 4.91. The third kappa shape index (κ3) is 9.69. The van der Waals surface area contributed by atoms with Crippen molar-refractivity contribution in [1.29, 1.82) is 0 Å². The van der Waals surface area contributed by atoms with Gasteiger partial charge < -0.3 is 19.8 Å². The Kier molecular flexibility index (Phi) is 7.68. The Labute approximate surface area is 118 Å². The summed E-state index contributed by atoms with van der Waals surface area (Å²) in [5, 5.41) is 8.85. The highest BCUT2D eigenvalue weighted by atomic mass is 31.2. The van der Waals surface area contributed by atoms with Gasteiger partial charge in [-0.05, 0) is 30.4 Å². The molecule has 0 aromatic heterocycles. The van der Waals surface area contributed by atoms with Crippen molar-refractivity contribution >= 4 is 13.8 Å². The molecule has 1 aromatic rings. The fourth-order valence-corrected chi connectivity index (χ4v) is 1.56. The van der Waals surface area contributed by atoms with E-state index in [9.17, 15) is 4.79 Å². The van der Waals surface area contributed by atoms with Crippen LogP contribution >= 0.6 is 7.82 Å². The molecule has 0 aliphatic rings. The normalized spacial score (nSPS) is 12.6. The summed E-state index contributed by atoms with van der Waals surface area (Å²) in [6, 6.07) is 7.87. The molecule has 6 nitrogen and oxygen atoms in total. The van der Waals surface area contributed by atoms with Crippen LogP contribution in [0, 0.1) is 5.92 Å². The van der Waals surface area contributed by atoms with E-state index in [0.717, 1.165) is 12.0 Å². The van der Waals surface area contributed by atoms with Crippen molar-refractivity contribution in [3.63, 3.8) is 0 Å². The van der Waals surface area contributed by atoms with Crippen LogP contribution in [0.25, 0.3) is 0 Å². The topological polar surface area (TPSA) is 115 Å². The molecule has 4 N–H and O–H groups in total. The van der Waals surface area contributed by atoms with E-state index < -0.39 is 19.7 Å². The minimum atomic E-state index is -4.64. The average Bonchev–Trinajstić information content (AvgIpc) is 2.26. The van der Waals surface area contributed by atoms with Gasteiger partial charge in [-0.1, -0.05) is 38.1 Å². The van der Waals surface area contributed by atoms with E-state index >= 15 is 0 Å². The van der Waals surface area contributed by atoms with Crippen molar-refractivity contribution in [3.8, 4) is 0 Å². The Balaban J connectivity index is 0.000000621. The van der Waals surface area contributed by atoms with Gasteiger partial charge in [-0.25, -0.2) is 4.57 Å². The van der Waals surface area contributed by atoms with E-state index in [2.05, 4.69) is 13.8 Å². The van der Waals surface area contributed by atoms with E-state index in [-0.39, 0.29) is 0 Å². The van der Waals surface area contributed by atoms with Crippen molar-refractivity contribution in [1.82, 2.24) is 0 Å². The smallest absolute Gasteiger partial charge is 0.466 e. The van der Waals surface area contributed by atoms with Crippen LogP contribution in [0.3, 0.4) is 0 Å². The molecule has 0 fully saturated rings. The van der Waals surface area contributed by atoms with Gasteiger partial charge in [0.2, 0.25) is 0 Å². The number of hydrogen-bond acceptors (Lipinski definition) is 2. The summed E-state index contributed by atoms with van der Waals surface area (Å²) in [6.07, 6.45) is 1.04. The maximum atomic E-state index is 10.8. The quantitative estimate of drug-likeness (QED) is 0.633. The van der Waals surface area contributed by atoms with Crippen molar-refractivity contribution in [2.45, 2.75) is 33.1 Å². The first-order valence-corrected chi connectivity index (χ1v) is 7.67. The summed E-state index contributed by atoms with van der Waals surface area (Å²) >= 11 is 0. The number of carboxylic acids is 1. The van der Waals surface area contributed by atoms with Crippen LogP contribution in [-0.4, -0.2) is 25.8 Å². The third-order valence-electron chi connectivity index (χ3n) is 2.49. The zero-order valence-electron chi connectivity index (χ0n) is 11.7. The Morgan fingerprint density at radius 2 is 1.50 bits per heavy atom. The molecule has 0 amide bonds. The largest absolute Gasteiger partial charge is 0.481 e. The van der Waals surface area contributed by atoms with Crippen molar-refractivity contribution in [2.75, 3.05) is 0 Å². The molecule has 0 radical (unpaired) electrons. The Hall–Kier alpha value is -1.20. The van der Waals surface area contributed by atoms with E-state index in [1.807, 2.05) is 24.3 Å². The molecule has 114 valence electrons. The first kappa shape index (κ1) is 18.8. The fraction of sp³-hybridized carbons (Fsp3) is 0.462. The molecule has 0 bridgehead atoms. The summed E-state index contributed by atoms with van der Waals surface area (Å²) in [5.41, 5.74) is 2.14. The van der Waals surface area contributed by atoms with Gasteiger partial charge in [-0.15, -0.1) is 0 Å². The van der Waals surface area contributed by atoms with Gasteiger partial charge in [0.15, 0.2) is 0 Å². The van der Waals surface area contributed by atoms with E-state index in [1.165, 1.54) is 5.56 Å². The standard InChI is InChI=1S/C13H18O2.H3O4P/c1-9(2)8-11-4-6-12(7-5-11)10(3)13(14)15;1-5(2,3)4/h4-7,9-10H,8H2,1-3H3,(H,14,15);(H3,1,2,3,4). The first-order valence-electron chi connectivity index (χ1n) is 6.10. The number of phosphoric acid groups is 1. The summed E-state index contributed by atoms with van der Waals surface area (Å²) in [6.45, 7) is 6.06. The van der Waals surface area contributed by atoms with Gasteiger partial charge in [0.05, 0.1) is 5.92 Å². The van der Waals surface area contributed by atoms with Gasteiger partial charge in [-0.2, -0.15) is 0 Å². The van der Waals surface area contributed by atoms with Crippen LogP contribution in [0.2, 0.25) is 0 Å². The van der Waals surface area contributed by atoms with Crippen LogP contribution in [0.1, 0.15) is 37.8 Å². The second kappa shape index (κ2) is 8.17. The number of aliphatic carboxylic acids is 1. The van der Waals surface area contributed by atoms with Gasteiger partial charge in [0.25, 0.3) is 0 Å². The second-order valence-corrected chi connectivity index (χ2v) is 5.94. The predicted molar refractivity (Wildman–Crippen MR) is 75.3 cm³/mol. The summed E-state index contributed by atoms with van der Waals surface area (Å²) < 4.78 is 8.88. The molecular weight excluding hydrogens is 283 g/mol. The number of rotatable bonds is 4. The lowest BCUT2D eigenvalue weighted by Gasteiger charge is -2.09. The summed E-state index contributed by atoms with van der Waals surface area (Å²) in [5.74, 6) is -0.558. The number of hydrogen-bond donors (Lipinski definition) is 4. The summed E-state index contributed by atoms with van der Waals surface area (Å²) in [4.78, 5) is 32.3. The molecular formula is C13H21O6P. The van der Waals surface area contributed by atoms with E-state index in [0.29, 0.717) is 5.92 Å². The highest BCUT2D eigenvalue weighted by molar-refractivity contribution is 7.45. The van der Waals surface area contributed by atoms with Gasteiger partial charge >= 0.3 is 13.8 Å². The number of benzene rings is 1. The van der Waals surface area contributed by atoms with Crippen molar-refractivity contribution < 1.29 is 29.1 Å². The lowest BCUT2D eigenvalue weighted by molar-refractivity contribution is -0.138. The average molecular weight is 304 g/mol. The fourth-order valence-electron chi connectivity index (χ4n) is 1.56. The van der Waals surface area contributed by atoms with Crippen LogP contribution in [0.15, 0.2) is 24.3 Å². The lowest BCUT2D eigenvalue weighted by Crippen LogP contribution is -2.07. The molecule has 0 saturated carbocycles. The molecule has 1 atom stereocenters. The molecule has 1 rings (SSSR count). The highest BCUT2D eigenvalue weighted by Crippen LogP contribution is 2.25. The number of carbonyl (C=O) groups is 1. The third-order valence-corrected chi connectivity index (χ3v) is 2.49. The number of carboxylic acid groups (broad SMARTS) is 1. The van der Waals surface area contributed by atoms with Gasteiger partial charge in [-0.3, -0.25) is 4.79 Å². The van der Waals surface area contributed by atoms with Crippen LogP contribution in [-0.2, 0) is 15.8 Å². The molecule has 0 aliphatic heterocycles. The highest BCUT2D eigenvalue weighted by Gasteiger charge is 2.12. The van der Waals surface area contributed by atoms with Crippen molar-refractivity contribution in [2.24, 2.45) is 5.92 Å². The maximum Gasteiger partial charge on any atom is 0.466 e. The molecule has 0 spiro atoms. The predicted octanol–water partition coefficient (Wildman–Crippen LogP) is 2.14. The van der Waals surface area contributed by atoms with Gasteiger partial charge in [0.1, 0.15) is 0 Å². The van der Waals surface area contributed by atoms with Crippen molar-refractivity contribution in [3.05, 3.63) is 35.4 Å². The zero-order chi connectivity index (χ0) is 15.9. The Morgan fingerprint density at radius 3 is 1.80 bits per heavy atom. The van der Waals surface area contributed by atoms with Gasteiger partial charge in [0, 0.05) is 0 Å². The molecule has 1 aromatic carbocycles. The minimum absolute atomic E-state index is 0.418. The monoisotopic (exact) mass is 304 g/mol. The molecule has 0 saturated heterocycles. The zero-order valence-corrected chi connectivity index (χ0v) is 12.6. The molecule has 7 heteroatoms. The van der Waals surface area contributed by atoms with Crippen LogP contribution in [0.4, 0.5) is 0 Å². The maximum absolute atomic E-state index is 10.8. The SMILES string of the molecule is CC(C)Cc1ccc(C(C)C(=O)O)cc1.O=P(O)(O)O. The Bertz CT molecular complexity index is 454. The van der Waals surface area contributed by atoms with Crippen LogP contribution < -0.4 is 0 Å². The molecule has 1 unspecified atom stereocenters. The molecule has 0 heterocycles. The van der Waals surface area contributed by atoms with E-state index in [4.69, 9.17) is 24.4 Å². The molecule has 20 heavy (non-hydrogen) atoms. The lowest BCUT2D eigenvalue weighted by atomic mass is 9.97. The summed E-state index contributed by atoms with van der Waals surface area (Å²) in [7, 11) is -4.64.